The maximum atomic E-state index is 13.6. The molecule has 3 aliphatic heterocycles. The Balaban J connectivity index is 2.11. The summed E-state index contributed by atoms with van der Waals surface area (Å²) in [5, 5.41) is 5.66. The van der Waals surface area contributed by atoms with Crippen LogP contribution in [0.3, 0.4) is 0 Å². The second-order valence-corrected chi connectivity index (χ2v) is 10.4. The smallest absolute Gasteiger partial charge is 0.248 e. The average molecular weight is 453 g/mol. The van der Waals surface area contributed by atoms with Crippen LogP contribution >= 0.6 is 0 Å². The van der Waals surface area contributed by atoms with Gasteiger partial charge in [0.1, 0.15) is 35.6 Å². The molecule has 0 aromatic heterocycles. The highest BCUT2D eigenvalue weighted by Gasteiger charge is 2.54. The molecule has 0 unspecified atom stereocenters. The molecule has 3 saturated heterocycles. The number of hydrogen-bond acceptors (Lipinski definition) is 6. The summed E-state index contributed by atoms with van der Waals surface area (Å²) in [5.74, 6) is -2.21. The monoisotopic (exact) mass is 452 g/mol. The van der Waals surface area contributed by atoms with Crippen molar-refractivity contribution in [2.24, 2.45) is 11.8 Å². The molecule has 3 fully saturated rings. The fraction of sp³-hybridized carbons (Fsp3) is 0.818. The molecule has 0 radical (unpaired) electrons. The second-order valence-electron chi connectivity index (χ2n) is 10.4. The Morgan fingerprint density at radius 2 is 1.03 bits per heavy atom. The summed E-state index contributed by atoms with van der Waals surface area (Å²) in [6.45, 7) is 14.1. The van der Waals surface area contributed by atoms with E-state index in [1.165, 1.54) is 9.80 Å². The largest absolute Gasteiger partial charge is 0.353 e. The molecule has 0 spiro atoms. The average Bonchev–Trinajstić information content (AvgIpc) is 3.16. The third-order valence-corrected chi connectivity index (χ3v) is 6.51. The van der Waals surface area contributed by atoms with Gasteiger partial charge in [-0.1, -0.05) is 27.7 Å². The minimum absolute atomic E-state index is 0.00326. The number of amides is 4. The molecule has 4 amide bonds. The first kappa shape index (κ1) is 24.4. The zero-order valence-corrected chi connectivity index (χ0v) is 20.2. The van der Waals surface area contributed by atoms with E-state index in [4.69, 9.17) is 9.47 Å². The number of nitrogens with zero attached hydrogens (tertiary/aromatic N) is 2. The Morgan fingerprint density at radius 1 is 0.719 bits per heavy atom. The van der Waals surface area contributed by atoms with Gasteiger partial charge in [-0.25, -0.2) is 0 Å². The predicted octanol–water partition coefficient (Wildman–Crippen LogP) is 0.209. The number of hydrogen-bond donors (Lipinski definition) is 2. The van der Waals surface area contributed by atoms with E-state index in [0.29, 0.717) is 0 Å². The van der Waals surface area contributed by atoms with Crippen LogP contribution in [0.1, 0.15) is 55.4 Å². The summed E-state index contributed by atoms with van der Waals surface area (Å²) >= 11 is 0. The Kier molecular flexibility index (Phi) is 6.34. The van der Waals surface area contributed by atoms with Crippen LogP contribution < -0.4 is 10.6 Å². The number of ether oxygens (including phenoxy) is 2. The highest BCUT2D eigenvalue weighted by Crippen LogP contribution is 2.32. The maximum absolute atomic E-state index is 13.6. The second kappa shape index (κ2) is 8.30. The predicted molar refractivity (Wildman–Crippen MR) is 115 cm³/mol. The molecule has 4 atom stereocenters. The maximum Gasteiger partial charge on any atom is 0.248 e. The van der Waals surface area contributed by atoms with Crippen molar-refractivity contribution < 1.29 is 28.7 Å². The van der Waals surface area contributed by atoms with E-state index in [1.54, 1.807) is 27.7 Å². The van der Waals surface area contributed by atoms with Gasteiger partial charge in [0.05, 0.1) is 13.2 Å². The van der Waals surface area contributed by atoms with E-state index >= 15 is 0 Å². The van der Waals surface area contributed by atoms with Gasteiger partial charge in [0.15, 0.2) is 0 Å². The van der Waals surface area contributed by atoms with Crippen molar-refractivity contribution in [3.8, 4) is 0 Å². The first-order valence-electron chi connectivity index (χ1n) is 11.2. The van der Waals surface area contributed by atoms with Gasteiger partial charge < -0.3 is 20.1 Å². The van der Waals surface area contributed by atoms with Gasteiger partial charge in [-0.05, 0) is 39.5 Å². The van der Waals surface area contributed by atoms with Crippen molar-refractivity contribution in [3.63, 3.8) is 0 Å². The molecule has 10 heteroatoms. The lowest BCUT2D eigenvalue weighted by Crippen LogP contribution is -2.66. The molecule has 10 nitrogen and oxygen atoms in total. The van der Waals surface area contributed by atoms with Gasteiger partial charge in [0.25, 0.3) is 0 Å². The van der Waals surface area contributed by atoms with Crippen LogP contribution in [0, 0.1) is 11.8 Å². The summed E-state index contributed by atoms with van der Waals surface area (Å²) in [5.41, 5.74) is -2.08. The zero-order valence-electron chi connectivity index (χ0n) is 20.2. The number of rotatable bonds is 2. The van der Waals surface area contributed by atoms with Gasteiger partial charge in [0.2, 0.25) is 23.6 Å². The van der Waals surface area contributed by atoms with E-state index in [9.17, 15) is 19.2 Å². The van der Waals surface area contributed by atoms with E-state index in [0.717, 1.165) is 0 Å². The Labute approximate surface area is 189 Å². The molecule has 0 aromatic carbocycles. The fourth-order valence-corrected chi connectivity index (χ4v) is 4.65. The van der Waals surface area contributed by atoms with Crippen LogP contribution in [0.15, 0.2) is 0 Å². The summed E-state index contributed by atoms with van der Waals surface area (Å²) in [7, 11) is 0. The standard InChI is InChI=1S/C22H36N4O6/c1-11(2)15-19(29)25-14(10-31-21(25,5)6)18(28)24-16(12(3)4)20(30)26-13(17(27)23-15)9-32-22(26,7)8/h11-16H,9-10H2,1-8H3,(H,23,27)(H,24,28)/t13-,14-,15-,16-/m0/s1. The molecular weight excluding hydrogens is 416 g/mol. The number of carbonyl (C=O) groups is 4. The quantitative estimate of drug-likeness (QED) is 0.619. The van der Waals surface area contributed by atoms with Crippen molar-refractivity contribution in [1.29, 1.82) is 0 Å². The highest BCUT2D eigenvalue weighted by molar-refractivity contribution is 5.98. The number of fused-ring (bicyclic) bond motifs is 2. The van der Waals surface area contributed by atoms with Crippen LogP contribution in [0.5, 0.6) is 0 Å². The summed E-state index contributed by atoms with van der Waals surface area (Å²) in [6, 6.07) is -3.61. The van der Waals surface area contributed by atoms with Gasteiger partial charge in [-0.15, -0.1) is 0 Å². The molecule has 3 aliphatic rings. The number of carbonyl (C=O) groups excluding carboxylic acids is 4. The lowest BCUT2D eigenvalue weighted by Gasteiger charge is -2.40. The number of nitrogens with one attached hydrogen (secondary N) is 2. The van der Waals surface area contributed by atoms with Gasteiger partial charge in [-0.2, -0.15) is 0 Å². The third kappa shape index (κ3) is 4.10. The molecule has 32 heavy (non-hydrogen) atoms. The molecule has 0 saturated carbocycles. The van der Waals surface area contributed by atoms with Crippen molar-refractivity contribution in [1.82, 2.24) is 20.4 Å². The topological polar surface area (TPSA) is 117 Å². The summed E-state index contributed by atoms with van der Waals surface area (Å²) in [4.78, 5) is 56.7. The zero-order chi connectivity index (χ0) is 24.2. The molecule has 0 aromatic rings. The first-order chi connectivity index (χ1) is 14.7. The van der Waals surface area contributed by atoms with Crippen LogP contribution in [0.25, 0.3) is 0 Å². The molecule has 0 bridgehead atoms. The molecule has 3 heterocycles. The SMILES string of the molecule is CC(C)[C@@H]1NC(=O)[C@@H]2COC(C)(C)N2C(=O)[C@H](C(C)C)NC(=O)[C@@H]2COC(C)(C)N2C1=O. The minimum Gasteiger partial charge on any atom is -0.353 e. The normalized spacial score (nSPS) is 32.9. The van der Waals surface area contributed by atoms with E-state index in [-0.39, 0.29) is 25.0 Å². The molecule has 2 N–H and O–H groups in total. The fourth-order valence-electron chi connectivity index (χ4n) is 4.65. The Bertz CT molecular complexity index is 742. The van der Waals surface area contributed by atoms with Crippen LogP contribution in [0.2, 0.25) is 0 Å². The van der Waals surface area contributed by atoms with Gasteiger partial charge in [0, 0.05) is 0 Å². The van der Waals surface area contributed by atoms with Crippen LogP contribution in [-0.4, -0.2) is 82.3 Å². The third-order valence-electron chi connectivity index (χ3n) is 6.51. The van der Waals surface area contributed by atoms with E-state index in [1.807, 2.05) is 27.7 Å². The molecular formula is C22H36N4O6. The lowest BCUT2D eigenvalue weighted by atomic mass is 9.97. The van der Waals surface area contributed by atoms with E-state index in [2.05, 4.69) is 10.6 Å². The Hall–Kier alpha value is -2.20. The molecule has 180 valence electrons. The Morgan fingerprint density at radius 3 is 1.31 bits per heavy atom. The van der Waals surface area contributed by atoms with E-state index < -0.39 is 59.2 Å². The van der Waals surface area contributed by atoms with Crippen molar-refractivity contribution in [2.75, 3.05) is 13.2 Å². The highest BCUT2D eigenvalue weighted by atomic mass is 16.5. The van der Waals surface area contributed by atoms with Crippen molar-refractivity contribution >= 4 is 23.6 Å². The summed E-state index contributed by atoms with van der Waals surface area (Å²) in [6.07, 6.45) is 0. The first-order valence-corrected chi connectivity index (χ1v) is 11.2. The molecule has 0 aliphatic carbocycles. The van der Waals surface area contributed by atoms with Gasteiger partial charge >= 0.3 is 0 Å². The van der Waals surface area contributed by atoms with Crippen LogP contribution in [-0.2, 0) is 28.7 Å². The minimum atomic E-state index is -1.04. The van der Waals surface area contributed by atoms with Crippen LogP contribution in [0.4, 0.5) is 0 Å². The molecule has 3 rings (SSSR count). The lowest BCUT2D eigenvalue weighted by molar-refractivity contribution is -0.158. The summed E-state index contributed by atoms with van der Waals surface area (Å²) < 4.78 is 11.6. The van der Waals surface area contributed by atoms with Gasteiger partial charge in [-0.3, -0.25) is 29.0 Å². The van der Waals surface area contributed by atoms with Crippen molar-refractivity contribution in [3.05, 3.63) is 0 Å². The van der Waals surface area contributed by atoms with Crippen molar-refractivity contribution in [2.45, 2.75) is 91.0 Å².